The van der Waals surface area contributed by atoms with Gasteiger partial charge in [-0.1, -0.05) is 65.0 Å². The van der Waals surface area contributed by atoms with Crippen LogP contribution in [0.4, 0.5) is 0 Å². The van der Waals surface area contributed by atoms with Crippen molar-refractivity contribution in [3.8, 4) is 35.5 Å². The minimum Gasteiger partial charge on any atom is -0.469 e. The van der Waals surface area contributed by atoms with Crippen LogP contribution in [0, 0.1) is 35.5 Å². The summed E-state index contributed by atoms with van der Waals surface area (Å²) in [7, 11) is 1.43. The zero-order valence-corrected chi connectivity index (χ0v) is 17.4. The fourth-order valence-electron chi connectivity index (χ4n) is 2.07. The normalized spacial score (nSPS) is 9.77. The van der Waals surface area contributed by atoms with Crippen LogP contribution in [0.5, 0.6) is 0 Å². The maximum Gasteiger partial charge on any atom is 0.305 e. The van der Waals surface area contributed by atoms with Crippen molar-refractivity contribution in [3.05, 3.63) is 23.2 Å². The summed E-state index contributed by atoms with van der Waals surface area (Å²) in [6.45, 7) is 0. The molecule has 3 heteroatoms. The minimum absolute atomic E-state index is 0.112. The second-order valence-electron chi connectivity index (χ2n) is 5.68. The van der Waals surface area contributed by atoms with E-state index in [1.54, 1.807) is 11.1 Å². The van der Waals surface area contributed by atoms with E-state index >= 15 is 0 Å². The average molecular weight is 417 g/mol. The third-order valence-corrected chi connectivity index (χ3v) is 3.77. The lowest BCUT2D eigenvalue weighted by atomic mass is 10.1. The van der Waals surface area contributed by atoms with Gasteiger partial charge in [-0.25, -0.2) is 0 Å². The fraction of sp³-hybridized carbons (Fsp3) is 0.522. The van der Waals surface area contributed by atoms with Crippen LogP contribution in [0.15, 0.2) is 23.2 Å². The van der Waals surface area contributed by atoms with Crippen molar-refractivity contribution in [1.29, 1.82) is 0 Å². The molecule has 0 spiro atoms. The summed E-state index contributed by atoms with van der Waals surface area (Å²) < 4.78 is 4.61. The number of hydrogen-bond donors (Lipinski definition) is 0. The highest BCUT2D eigenvalue weighted by Gasteiger charge is 1.98. The first-order valence-electron chi connectivity index (χ1n) is 9.25. The van der Waals surface area contributed by atoms with Gasteiger partial charge in [0.2, 0.25) is 0 Å². The molecular weight excluding hydrogens is 388 g/mol. The van der Waals surface area contributed by atoms with Gasteiger partial charge in [-0.15, -0.1) is 0 Å². The van der Waals surface area contributed by atoms with Crippen LogP contribution < -0.4 is 0 Å². The Morgan fingerprint density at radius 2 is 1.50 bits per heavy atom. The highest BCUT2D eigenvalue weighted by molar-refractivity contribution is 9.11. The molecule has 26 heavy (non-hydrogen) atoms. The molecular formula is C23H29BrO2. The van der Waals surface area contributed by atoms with Gasteiger partial charge in [0.05, 0.1) is 7.11 Å². The third kappa shape index (κ3) is 20.2. The Bertz CT molecular complexity index is 597. The molecule has 0 unspecified atom stereocenters. The summed E-state index contributed by atoms with van der Waals surface area (Å²) in [5.74, 6) is 17.8. The summed E-state index contributed by atoms with van der Waals surface area (Å²) in [6.07, 6.45) is 16.8. The van der Waals surface area contributed by atoms with Gasteiger partial charge in [-0.05, 0) is 61.1 Å². The number of carbonyl (C=O) groups excluding carboxylic acids is 1. The van der Waals surface area contributed by atoms with Gasteiger partial charge in [0, 0.05) is 19.3 Å². The van der Waals surface area contributed by atoms with Crippen LogP contribution in [0.1, 0.15) is 70.6 Å². The number of ether oxygens (including phenoxy) is 1. The molecule has 0 aliphatic heterocycles. The minimum atomic E-state index is -0.112. The number of rotatable bonds is 11. The molecule has 0 saturated heterocycles. The van der Waals surface area contributed by atoms with Crippen molar-refractivity contribution < 1.29 is 9.53 Å². The van der Waals surface area contributed by atoms with E-state index in [1.807, 2.05) is 6.08 Å². The van der Waals surface area contributed by atoms with Crippen LogP contribution in [-0.4, -0.2) is 13.1 Å². The number of unbranched alkanes of at least 4 members (excludes halogenated alkanes) is 8. The largest absolute Gasteiger partial charge is 0.469 e. The van der Waals surface area contributed by atoms with Gasteiger partial charge in [0.25, 0.3) is 0 Å². The van der Waals surface area contributed by atoms with E-state index < -0.39 is 0 Å². The molecule has 0 aromatic heterocycles. The molecule has 0 aromatic rings. The topological polar surface area (TPSA) is 26.3 Å². The van der Waals surface area contributed by atoms with E-state index in [9.17, 15) is 4.79 Å². The van der Waals surface area contributed by atoms with Crippen molar-refractivity contribution >= 4 is 21.9 Å². The summed E-state index contributed by atoms with van der Waals surface area (Å²) in [6, 6.07) is 0. The number of carbonyl (C=O) groups is 1. The Kier molecular flexibility index (Phi) is 19.6. The molecule has 0 heterocycles. The van der Waals surface area contributed by atoms with Crippen LogP contribution in [0.25, 0.3) is 0 Å². The molecule has 0 N–H and O–H groups in total. The van der Waals surface area contributed by atoms with Crippen LogP contribution in [0.2, 0.25) is 0 Å². The van der Waals surface area contributed by atoms with Gasteiger partial charge in [-0.3, -0.25) is 4.79 Å². The average Bonchev–Trinajstić information content (AvgIpc) is 2.66. The Balaban J connectivity index is 3.44. The molecule has 0 radical (unpaired) electrons. The van der Waals surface area contributed by atoms with Crippen molar-refractivity contribution in [3.63, 3.8) is 0 Å². The number of allylic oxidation sites excluding steroid dienone is 3. The van der Waals surface area contributed by atoms with Gasteiger partial charge >= 0.3 is 5.97 Å². The molecule has 0 aromatic carbocycles. The number of esters is 1. The SMILES string of the molecule is COC(=O)CCCCCCCC#CC#CCCCC/C=C/C#C/C=C/Br. The first kappa shape index (κ1) is 24.1. The Hall–Kier alpha value is -1.89. The summed E-state index contributed by atoms with van der Waals surface area (Å²) in [5, 5.41) is 0. The summed E-state index contributed by atoms with van der Waals surface area (Å²) >= 11 is 3.17. The second kappa shape index (κ2) is 21.2. The zero-order valence-electron chi connectivity index (χ0n) is 15.8. The molecule has 0 bridgehead atoms. The molecule has 0 amide bonds. The highest BCUT2D eigenvalue weighted by atomic mass is 79.9. The first-order chi connectivity index (χ1) is 12.8. The molecule has 0 aliphatic rings. The molecule has 0 saturated carbocycles. The van der Waals surface area contributed by atoms with Crippen molar-refractivity contribution in [2.24, 2.45) is 0 Å². The van der Waals surface area contributed by atoms with Crippen LogP contribution in [0.3, 0.4) is 0 Å². The lowest BCUT2D eigenvalue weighted by molar-refractivity contribution is -0.140. The van der Waals surface area contributed by atoms with E-state index in [2.05, 4.69) is 62.3 Å². The Labute approximate surface area is 168 Å². The standard InChI is InChI=1S/C23H29BrO2/c1-26-23(25)21-19-17-15-13-11-9-7-5-3-2-4-6-8-10-12-14-16-18-20-22-24/h12,14,20,22H,4,6,8-11,13,15,17,19,21H2,1H3/b14-12+,22-20+. The van der Waals surface area contributed by atoms with Crippen molar-refractivity contribution in [2.45, 2.75) is 70.6 Å². The van der Waals surface area contributed by atoms with E-state index in [-0.39, 0.29) is 5.97 Å². The molecule has 2 nitrogen and oxygen atoms in total. The Morgan fingerprint density at radius 3 is 2.19 bits per heavy atom. The molecule has 0 rings (SSSR count). The van der Waals surface area contributed by atoms with Crippen molar-refractivity contribution in [1.82, 2.24) is 0 Å². The summed E-state index contributed by atoms with van der Waals surface area (Å²) in [4.78, 5) is 12.7. The van der Waals surface area contributed by atoms with Crippen LogP contribution >= 0.6 is 15.9 Å². The van der Waals surface area contributed by atoms with E-state index in [0.29, 0.717) is 6.42 Å². The van der Waals surface area contributed by atoms with Gasteiger partial charge in [0.15, 0.2) is 0 Å². The third-order valence-electron chi connectivity index (χ3n) is 3.50. The van der Waals surface area contributed by atoms with Gasteiger partial charge < -0.3 is 4.74 Å². The smallest absolute Gasteiger partial charge is 0.305 e. The van der Waals surface area contributed by atoms with E-state index in [4.69, 9.17) is 0 Å². The Morgan fingerprint density at radius 1 is 0.885 bits per heavy atom. The zero-order chi connectivity index (χ0) is 19.1. The lowest BCUT2D eigenvalue weighted by Crippen LogP contribution is -1.99. The fourth-order valence-corrected chi connectivity index (χ4v) is 2.21. The quantitative estimate of drug-likeness (QED) is 0.237. The number of methoxy groups -OCH3 is 1. The predicted molar refractivity (Wildman–Crippen MR) is 113 cm³/mol. The second-order valence-corrected chi connectivity index (χ2v) is 6.21. The maximum absolute atomic E-state index is 10.9. The van der Waals surface area contributed by atoms with E-state index in [0.717, 1.165) is 64.2 Å². The molecule has 0 fully saturated rings. The predicted octanol–water partition coefficient (Wildman–Crippen LogP) is 5.93. The van der Waals surface area contributed by atoms with Gasteiger partial charge in [0.1, 0.15) is 0 Å². The monoisotopic (exact) mass is 416 g/mol. The maximum atomic E-state index is 10.9. The lowest BCUT2D eigenvalue weighted by Gasteiger charge is -1.99. The molecule has 0 atom stereocenters. The van der Waals surface area contributed by atoms with Crippen molar-refractivity contribution in [2.75, 3.05) is 7.11 Å². The van der Waals surface area contributed by atoms with Crippen LogP contribution in [-0.2, 0) is 9.53 Å². The molecule has 0 aliphatic carbocycles. The first-order valence-corrected chi connectivity index (χ1v) is 10.2. The highest BCUT2D eigenvalue weighted by Crippen LogP contribution is 2.07. The molecule has 140 valence electrons. The number of halogens is 1. The van der Waals surface area contributed by atoms with Gasteiger partial charge in [-0.2, -0.15) is 0 Å². The summed E-state index contributed by atoms with van der Waals surface area (Å²) in [5.41, 5.74) is 0. The van der Waals surface area contributed by atoms with E-state index in [1.165, 1.54) is 7.11 Å². The number of hydrogen-bond acceptors (Lipinski definition) is 2.